The van der Waals surface area contributed by atoms with Gasteiger partial charge in [0.05, 0.1) is 13.2 Å². The van der Waals surface area contributed by atoms with Gasteiger partial charge in [-0.1, -0.05) is 0 Å². The zero-order valence-corrected chi connectivity index (χ0v) is 11.5. The minimum Gasteiger partial charge on any atom is -0.383 e. The van der Waals surface area contributed by atoms with Crippen LogP contribution in [0.4, 0.5) is 11.6 Å². The lowest BCUT2D eigenvalue weighted by Crippen LogP contribution is -2.32. The Kier molecular flexibility index (Phi) is 6.33. The molecule has 9 heteroatoms. The van der Waals surface area contributed by atoms with Crippen LogP contribution in [0.2, 0.25) is 0 Å². The number of hydrogen-bond donors (Lipinski definition) is 4. The van der Waals surface area contributed by atoms with Gasteiger partial charge in [-0.15, -0.1) is 0 Å². The molecule has 0 aliphatic rings. The molecule has 0 spiro atoms. The summed E-state index contributed by atoms with van der Waals surface area (Å²) in [5.74, 6) is 6.04. The van der Waals surface area contributed by atoms with Gasteiger partial charge in [0, 0.05) is 13.7 Å². The number of carbonyl (C=O) groups is 1. The summed E-state index contributed by atoms with van der Waals surface area (Å²) in [6, 6.07) is 0. The molecule has 1 rings (SSSR count). The van der Waals surface area contributed by atoms with Gasteiger partial charge in [0.25, 0.3) is 0 Å². The summed E-state index contributed by atoms with van der Waals surface area (Å²) in [5.41, 5.74) is 2.41. The van der Waals surface area contributed by atoms with E-state index in [0.29, 0.717) is 29.3 Å². The Hall–Kier alpha value is -1.45. The number of rotatable bonds is 7. The zero-order valence-electron chi connectivity index (χ0n) is 9.86. The molecule has 0 atom stereocenters. The minimum absolute atomic E-state index is 0.101. The molecule has 0 aliphatic carbocycles. The standard InChI is InChI=1S/C9H15BrN6O2/c1-18-3-2-12-6(17)4-13-8-7(10)9(16-11)15-5-14-8/h5H,2-4,11H2,1H3,(H,12,17)(H2,13,14,15,16). The maximum absolute atomic E-state index is 11.4. The molecule has 5 N–H and O–H groups in total. The molecule has 0 aliphatic heterocycles. The van der Waals surface area contributed by atoms with Crippen molar-refractivity contribution < 1.29 is 9.53 Å². The van der Waals surface area contributed by atoms with E-state index in [0.717, 1.165) is 0 Å². The molecule has 0 bridgehead atoms. The van der Waals surface area contributed by atoms with Crippen LogP contribution in [0.3, 0.4) is 0 Å². The van der Waals surface area contributed by atoms with Crippen LogP contribution in [0.5, 0.6) is 0 Å². The fourth-order valence-electron chi connectivity index (χ4n) is 1.11. The van der Waals surface area contributed by atoms with E-state index in [4.69, 9.17) is 10.6 Å². The average molecular weight is 319 g/mol. The Morgan fingerprint density at radius 1 is 1.50 bits per heavy atom. The van der Waals surface area contributed by atoms with Crippen molar-refractivity contribution in [2.24, 2.45) is 5.84 Å². The van der Waals surface area contributed by atoms with Crippen molar-refractivity contribution in [2.75, 3.05) is 37.5 Å². The number of hydrazine groups is 1. The molecule has 8 nitrogen and oxygen atoms in total. The first kappa shape index (κ1) is 14.6. The third kappa shape index (κ3) is 4.43. The molecular formula is C9H15BrN6O2. The molecule has 0 saturated heterocycles. The molecule has 1 aromatic rings. The van der Waals surface area contributed by atoms with E-state index < -0.39 is 0 Å². The lowest BCUT2D eigenvalue weighted by atomic mass is 10.5. The summed E-state index contributed by atoms with van der Waals surface area (Å²) < 4.78 is 5.39. The molecule has 0 radical (unpaired) electrons. The summed E-state index contributed by atoms with van der Waals surface area (Å²) >= 11 is 3.27. The number of nitrogens with two attached hydrogens (primary N) is 1. The molecule has 1 heterocycles. The van der Waals surface area contributed by atoms with Gasteiger partial charge in [-0.25, -0.2) is 15.8 Å². The van der Waals surface area contributed by atoms with Crippen LogP contribution >= 0.6 is 15.9 Å². The zero-order chi connectivity index (χ0) is 13.4. The molecule has 1 aromatic heterocycles. The van der Waals surface area contributed by atoms with E-state index in [9.17, 15) is 4.79 Å². The number of hydrogen-bond acceptors (Lipinski definition) is 7. The SMILES string of the molecule is COCCNC(=O)CNc1ncnc(NN)c1Br. The number of aromatic nitrogens is 2. The number of nitrogens with zero attached hydrogens (tertiary/aromatic N) is 2. The van der Waals surface area contributed by atoms with Gasteiger partial charge in [-0.3, -0.25) is 4.79 Å². The van der Waals surface area contributed by atoms with Gasteiger partial charge in [0.2, 0.25) is 5.91 Å². The van der Waals surface area contributed by atoms with Gasteiger partial charge in [-0.05, 0) is 15.9 Å². The molecule has 0 aromatic carbocycles. The highest BCUT2D eigenvalue weighted by atomic mass is 79.9. The lowest BCUT2D eigenvalue weighted by Gasteiger charge is -2.09. The van der Waals surface area contributed by atoms with E-state index in [1.165, 1.54) is 6.33 Å². The van der Waals surface area contributed by atoms with Crippen molar-refractivity contribution in [2.45, 2.75) is 0 Å². The normalized spacial score (nSPS) is 9.94. The Morgan fingerprint density at radius 3 is 2.89 bits per heavy atom. The molecule has 18 heavy (non-hydrogen) atoms. The van der Waals surface area contributed by atoms with Crippen LogP contribution in [0.15, 0.2) is 10.8 Å². The van der Waals surface area contributed by atoms with Gasteiger partial charge in [0.1, 0.15) is 16.6 Å². The highest BCUT2D eigenvalue weighted by molar-refractivity contribution is 9.10. The number of ether oxygens (including phenoxy) is 1. The number of nitrogens with one attached hydrogen (secondary N) is 3. The quantitative estimate of drug-likeness (QED) is 0.310. The van der Waals surface area contributed by atoms with Crippen molar-refractivity contribution in [3.05, 3.63) is 10.8 Å². The first-order chi connectivity index (χ1) is 8.69. The van der Waals surface area contributed by atoms with Gasteiger partial charge < -0.3 is 20.8 Å². The van der Waals surface area contributed by atoms with E-state index in [-0.39, 0.29) is 12.5 Å². The number of halogens is 1. The maximum atomic E-state index is 11.4. The predicted octanol–water partition coefficient (Wildman–Crippen LogP) is -0.301. The second kappa shape index (κ2) is 7.80. The summed E-state index contributed by atoms with van der Waals surface area (Å²) in [6.07, 6.45) is 1.34. The Balaban J connectivity index is 2.46. The van der Waals surface area contributed by atoms with Crippen molar-refractivity contribution >= 4 is 33.5 Å². The molecule has 0 unspecified atom stereocenters. The molecule has 1 amide bonds. The summed E-state index contributed by atoms with van der Waals surface area (Å²) in [7, 11) is 1.57. The topological polar surface area (TPSA) is 114 Å². The van der Waals surface area contributed by atoms with E-state index in [1.807, 2.05) is 0 Å². The average Bonchev–Trinajstić information content (AvgIpc) is 2.38. The molecule has 100 valence electrons. The number of anilines is 2. The highest BCUT2D eigenvalue weighted by Gasteiger charge is 2.08. The van der Waals surface area contributed by atoms with Crippen molar-refractivity contribution in [3.63, 3.8) is 0 Å². The van der Waals surface area contributed by atoms with Crippen LogP contribution in [0.1, 0.15) is 0 Å². The van der Waals surface area contributed by atoms with Crippen molar-refractivity contribution in [3.8, 4) is 0 Å². The number of amides is 1. The number of nitrogen functional groups attached to an aromatic ring is 1. The molecular weight excluding hydrogens is 304 g/mol. The van der Waals surface area contributed by atoms with Crippen LogP contribution in [0, 0.1) is 0 Å². The maximum Gasteiger partial charge on any atom is 0.239 e. The summed E-state index contributed by atoms with van der Waals surface area (Å²) in [4.78, 5) is 19.3. The van der Waals surface area contributed by atoms with Gasteiger partial charge in [0.15, 0.2) is 5.82 Å². The van der Waals surface area contributed by atoms with Crippen molar-refractivity contribution in [1.29, 1.82) is 0 Å². The van der Waals surface area contributed by atoms with Gasteiger partial charge >= 0.3 is 0 Å². The van der Waals surface area contributed by atoms with E-state index in [2.05, 4.69) is 42.0 Å². The van der Waals surface area contributed by atoms with E-state index in [1.54, 1.807) is 7.11 Å². The van der Waals surface area contributed by atoms with E-state index >= 15 is 0 Å². The van der Waals surface area contributed by atoms with Crippen LogP contribution < -0.4 is 21.9 Å². The Morgan fingerprint density at radius 2 is 2.22 bits per heavy atom. The number of carbonyl (C=O) groups excluding carboxylic acids is 1. The van der Waals surface area contributed by atoms with Crippen LogP contribution in [-0.4, -0.2) is 42.7 Å². The second-order valence-electron chi connectivity index (χ2n) is 3.23. The molecule has 0 saturated carbocycles. The summed E-state index contributed by atoms with van der Waals surface area (Å²) in [6.45, 7) is 1.05. The highest BCUT2D eigenvalue weighted by Crippen LogP contribution is 2.25. The largest absolute Gasteiger partial charge is 0.383 e. The second-order valence-corrected chi connectivity index (χ2v) is 4.02. The molecule has 0 fully saturated rings. The summed E-state index contributed by atoms with van der Waals surface area (Å²) in [5, 5.41) is 5.54. The predicted molar refractivity (Wildman–Crippen MR) is 70.9 cm³/mol. The number of methoxy groups -OCH3 is 1. The van der Waals surface area contributed by atoms with Crippen LogP contribution in [0.25, 0.3) is 0 Å². The monoisotopic (exact) mass is 318 g/mol. The minimum atomic E-state index is -0.153. The third-order valence-corrected chi connectivity index (χ3v) is 2.72. The van der Waals surface area contributed by atoms with Gasteiger partial charge in [-0.2, -0.15) is 0 Å². The third-order valence-electron chi connectivity index (χ3n) is 1.97. The lowest BCUT2D eigenvalue weighted by molar-refractivity contribution is -0.119. The first-order valence-corrected chi connectivity index (χ1v) is 5.95. The first-order valence-electron chi connectivity index (χ1n) is 5.15. The van der Waals surface area contributed by atoms with Crippen LogP contribution in [-0.2, 0) is 9.53 Å². The fraction of sp³-hybridized carbons (Fsp3) is 0.444. The smallest absolute Gasteiger partial charge is 0.239 e. The Bertz CT molecular complexity index is 403. The Labute approximate surface area is 113 Å². The fourth-order valence-corrected chi connectivity index (χ4v) is 1.57. The van der Waals surface area contributed by atoms with Crippen molar-refractivity contribution in [1.82, 2.24) is 15.3 Å².